The summed E-state index contributed by atoms with van der Waals surface area (Å²) in [6.07, 6.45) is 0. The first-order valence-electron chi connectivity index (χ1n) is 12.9. The molecule has 7 nitrogen and oxygen atoms in total. The summed E-state index contributed by atoms with van der Waals surface area (Å²) in [6, 6.07) is 17.6. The molecule has 2 aromatic heterocycles. The number of fused-ring (bicyclic) bond motifs is 2. The molecule has 0 spiro atoms. The van der Waals surface area contributed by atoms with Crippen molar-refractivity contribution in [1.29, 1.82) is 0 Å². The summed E-state index contributed by atoms with van der Waals surface area (Å²) in [7, 11) is 0. The molecular formula is C33H23ClN2O5. The summed E-state index contributed by atoms with van der Waals surface area (Å²) < 4.78 is 1.97. The molecule has 0 saturated heterocycles. The lowest BCUT2D eigenvalue weighted by Crippen LogP contribution is -2.25. The third-order valence-corrected chi connectivity index (χ3v) is 8.11. The topological polar surface area (TPSA) is 95.2 Å². The monoisotopic (exact) mass is 562 g/mol. The second-order valence-corrected chi connectivity index (χ2v) is 10.8. The van der Waals surface area contributed by atoms with Crippen LogP contribution in [-0.4, -0.2) is 14.9 Å². The van der Waals surface area contributed by atoms with Gasteiger partial charge in [-0.3, -0.25) is 24.0 Å². The Balaban J connectivity index is 1.78. The van der Waals surface area contributed by atoms with E-state index in [-0.39, 0.29) is 32.7 Å². The molecule has 0 unspecified atom stereocenters. The fourth-order valence-electron chi connectivity index (χ4n) is 5.28. The number of carbonyl (C=O) groups is 1. The Bertz CT molecular complexity index is 2170. The number of benzene rings is 4. The molecule has 202 valence electrons. The highest BCUT2D eigenvalue weighted by Crippen LogP contribution is 2.27. The first-order valence-corrected chi connectivity index (χ1v) is 13.3. The standard InChI is InChI=1S/C33H23ClN2O5/c1-16-5-11-22(13-18(16)3)35-30(38)24-15-25-27(33(41)36(31(25)39)23-12-6-17(2)19(4)14-23)28(26(24)32(35)40)29(37)20-7-9-21(34)10-8-20/h5-15H,1-4H3. The summed E-state index contributed by atoms with van der Waals surface area (Å²) in [5, 5.41) is -0.214. The molecule has 0 bridgehead atoms. The lowest BCUT2D eigenvalue weighted by atomic mass is 9.95. The van der Waals surface area contributed by atoms with Crippen LogP contribution in [0.15, 0.2) is 85.9 Å². The third-order valence-electron chi connectivity index (χ3n) is 7.86. The van der Waals surface area contributed by atoms with Crippen molar-refractivity contribution in [2.75, 3.05) is 0 Å². The summed E-state index contributed by atoms with van der Waals surface area (Å²) in [5.74, 6) is -0.666. The molecular weight excluding hydrogens is 540 g/mol. The van der Waals surface area contributed by atoms with Crippen molar-refractivity contribution in [2.45, 2.75) is 27.7 Å². The van der Waals surface area contributed by atoms with E-state index in [0.29, 0.717) is 16.4 Å². The highest BCUT2D eigenvalue weighted by atomic mass is 35.5. The van der Waals surface area contributed by atoms with Crippen molar-refractivity contribution in [3.8, 4) is 11.4 Å². The zero-order valence-corrected chi connectivity index (χ0v) is 23.4. The average molecular weight is 563 g/mol. The minimum Gasteiger partial charge on any atom is -0.289 e. The van der Waals surface area contributed by atoms with Gasteiger partial charge in [-0.25, -0.2) is 9.13 Å². The van der Waals surface area contributed by atoms with Gasteiger partial charge in [0.05, 0.1) is 32.9 Å². The molecule has 8 heteroatoms. The van der Waals surface area contributed by atoms with E-state index in [9.17, 15) is 24.0 Å². The average Bonchev–Trinajstić information content (AvgIpc) is 3.35. The number of carbonyl (C=O) groups excluding carboxylic acids is 1. The van der Waals surface area contributed by atoms with Crippen molar-refractivity contribution in [2.24, 2.45) is 0 Å². The second-order valence-electron chi connectivity index (χ2n) is 10.4. The van der Waals surface area contributed by atoms with E-state index in [4.69, 9.17) is 11.6 Å². The smallest absolute Gasteiger partial charge is 0.266 e. The minimum atomic E-state index is -0.738. The molecule has 41 heavy (non-hydrogen) atoms. The number of hydrogen-bond acceptors (Lipinski definition) is 5. The number of hydrogen-bond donors (Lipinski definition) is 0. The van der Waals surface area contributed by atoms with Crippen LogP contribution < -0.4 is 22.2 Å². The maximum absolute atomic E-state index is 14.1. The van der Waals surface area contributed by atoms with Crippen LogP contribution in [0, 0.1) is 27.7 Å². The first-order chi connectivity index (χ1) is 19.5. The maximum atomic E-state index is 14.1. The van der Waals surface area contributed by atoms with Crippen molar-refractivity contribution in [3.05, 3.63) is 147 Å². The van der Waals surface area contributed by atoms with Gasteiger partial charge < -0.3 is 0 Å². The van der Waals surface area contributed by atoms with Crippen molar-refractivity contribution in [1.82, 2.24) is 9.13 Å². The number of ketones is 1. The van der Waals surface area contributed by atoms with E-state index in [1.807, 2.05) is 27.7 Å². The number of nitrogens with zero attached hydrogens (tertiary/aromatic N) is 2. The SMILES string of the molecule is Cc1ccc(-n2c(=O)c3cc4c(=O)n(-c5ccc(C)c(C)c5)c(=O)c4c(C(=O)c4ccc(Cl)cc4)c3c2=O)cc1C. The molecule has 0 atom stereocenters. The van der Waals surface area contributed by atoms with Crippen LogP contribution in [0.3, 0.4) is 0 Å². The zero-order valence-electron chi connectivity index (χ0n) is 22.7. The van der Waals surface area contributed by atoms with E-state index in [1.165, 1.54) is 30.3 Å². The van der Waals surface area contributed by atoms with Gasteiger partial charge in [0.15, 0.2) is 5.78 Å². The molecule has 0 fully saturated rings. The number of rotatable bonds is 4. The molecule has 0 amide bonds. The van der Waals surface area contributed by atoms with Gasteiger partial charge in [0, 0.05) is 16.1 Å². The van der Waals surface area contributed by atoms with Gasteiger partial charge >= 0.3 is 0 Å². The number of halogens is 1. The molecule has 0 N–H and O–H groups in total. The lowest BCUT2D eigenvalue weighted by molar-refractivity contribution is 0.104. The quantitative estimate of drug-likeness (QED) is 0.282. The van der Waals surface area contributed by atoms with Crippen LogP contribution in [0.25, 0.3) is 32.9 Å². The molecule has 6 aromatic rings. The molecule has 4 aromatic carbocycles. The van der Waals surface area contributed by atoms with Crippen molar-refractivity contribution in [3.63, 3.8) is 0 Å². The molecule has 0 aliphatic carbocycles. The minimum absolute atomic E-state index is 0.104. The zero-order chi connectivity index (χ0) is 29.3. The number of aryl methyl sites for hydroxylation is 4. The predicted octanol–water partition coefficient (Wildman–Crippen LogP) is 5.01. The van der Waals surface area contributed by atoms with Crippen molar-refractivity contribution >= 4 is 38.9 Å². The van der Waals surface area contributed by atoms with E-state index in [2.05, 4.69) is 0 Å². The van der Waals surface area contributed by atoms with Gasteiger partial charge in [0.25, 0.3) is 22.2 Å². The van der Waals surface area contributed by atoms with Gasteiger partial charge in [-0.05, 0) is 105 Å². The van der Waals surface area contributed by atoms with Gasteiger partial charge in [-0.15, -0.1) is 0 Å². The van der Waals surface area contributed by atoms with E-state index in [0.717, 1.165) is 31.4 Å². The van der Waals surface area contributed by atoms with Gasteiger partial charge in [-0.2, -0.15) is 0 Å². The van der Waals surface area contributed by atoms with E-state index in [1.54, 1.807) is 36.4 Å². The Morgan fingerprint density at radius 2 is 1.00 bits per heavy atom. The molecule has 0 aliphatic heterocycles. The normalized spacial score (nSPS) is 11.5. The van der Waals surface area contributed by atoms with Crippen LogP contribution in [-0.2, 0) is 0 Å². The Kier molecular flexibility index (Phi) is 6.01. The predicted molar refractivity (Wildman–Crippen MR) is 161 cm³/mol. The lowest BCUT2D eigenvalue weighted by Gasteiger charge is -2.06. The Hall–Kier alpha value is -4.88. The Morgan fingerprint density at radius 3 is 1.41 bits per heavy atom. The third kappa shape index (κ3) is 3.92. The number of aromatic nitrogens is 2. The van der Waals surface area contributed by atoms with E-state index >= 15 is 0 Å². The van der Waals surface area contributed by atoms with Crippen molar-refractivity contribution < 1.29 is 4.79 Å². The molecule has 6 rings (SSSR count). The van der Waals surface area contributed by atoms with Crippen LogP contribution in [0.2, 0.25) is 5.02 Å². The van der Waals surface area contributed by atoms with Gasteiger partial charge in [0.2, 0.25) is 0 Å². The summed E-state index contributed by atoms with van der Waals surface area (Å²) in [4.78, 5) is 69.5. The summed E-state index contributed by atoms with van der Waals surface area (Å²) >= 11 is 6.03. The fourth-order valence-corrected chi connectivity index (χ4v) is 5.41. The van der Waals surface area contributed by atoms with Gasteiger partial charge in [0.1, 0.15) is 0 Å². The van der Waals surface area contributed by atoms with Gasteiger partial charge in [-0.1, -0.05) is 23.7 Å². The maximum Gasteiger partial charge on any atom is 0.266 e. The largest absolute Gasteiger partial charge is 0.289 e. The Labute approximate surface area is 238 Å². The molecule has 2 heterocycles. The van der Waals surface area contributed by atoms with Crippen LogP contribution in [0.1, 0.15) is 38.2 Å². The molecule has 0 saturated carbocycles. The molecule has 0 radical (unpaired) electrons. The fraction of sp³-hybridized carbons (Fsp3) is 0.121. The van der Waals surface area contributed by atoms with Crippen LogP contribution in [0.4, 0.5) is 0 Å². The summed E-state index contributed by atoms with van der Waals surface area (Å²) in [6.45, 7) is 7.54. The Morgan fingerprint density at radius 1 is 0.561 bits per heavy atom. The highest BCUT2D eigenvalue weighted by Gasteiger charge is 2.29. The van der Waals surface area contributed by atoms with Crippen LogP contribution >= 0.6 is 11.6 Å². The van der Waals surface area contributed by atoms with Crippen LogP contribution in [0.5, 0.6) is 0 Å². The summed E-state index contributed by atoms with van der Waals surface area (Å²) in [5.41, 5.74) is 1.41. The second kappa shape index (κ2) is 9.35. The highest BCUT2D eigenvalue weighted by molar-refractivity contribution is 6.31. The molecule has 0 aliphatic rings. The van der Waals surface area contributed by atoms with E-state index < -0.39 is 28.0 Å². The first kappa shape index (κ1) is 26.3.